The zero-order valence-corrected chi connectivity index (χ0v) is 27.7. The summed E-state index contributed by atoms with van der Waals surface area (Å²) in [4.78, 5) is 0. The van der Waals surface area contributed by atoms with Crippen molar-refractivity contribution in [1.82, 2.24) is 0 Å². The highest BCUT2D eigenvalue weighted by atomic mass is 31.1. The van der Waals surface area contributed by atoms with Gasteiger partial charge in [-0.3, -0.25) is 0 Å². The molecule has 3 aromatic carbocycles. The van der Waals surface area contributed by atoms with Crippen LogP contribution in [0.2, 0.25) is 0 Å². The SMILES string of the molecule is CCCc1cc(CCC)c(-c2ccccc2P2C(C)(C)CC3(CC2(C)C)OCC(C)(C)CO3)c(-c2ccccc2)c1. The van der Waals surface area contributed by atoms with Gasteiger partial charge in [0.1, 0.15) is 0 Å². The first-order chi connectivity index (χ1) is 19.4. The summed E-state index contributed by atoms with van der Waals surface area (Å²) in [6, 6.07) is 25.4. The van der Waals surface area contributed by atoms with E-state index in [1.165, 1.54) is 38.7 Å². The van der Waals surface area contributed by atoms with Crippen LogP contribution in [-0.2, 0) is 22.3 Å². The lowest BCUT2D eigenvalue weighted by molar-refractivity contribution is -0.310. The molecule has 0 aromatic heterocycles. The van der Waals surface area contributed by atoms with E-state index >= 15 is 0 Å². The Balaban J connectivity index is 1.67. The predicted octanol–water partition coefficient (Wildman–Crippen LogP) is 10.2. The summed E-state index contributed by atoms with van der Waals surface area (Å²) >= 11 is 0. The highest BCUT2D eigenvalue weighted by Gasteiger charge is 2.57. The van der Waals surface area contributed by atoms with E-state index in [1.807, 2.05) is 0 Å². The van der Waals surface area contributed by atoms with E-state index in [9.17, 15) is 0 Å². The van der Waals surface area contributed by atoms with Crippen LogP contribution >= 0.6 is 7.92 Å². The minimum absolute atomic E-state index is 0.0502. The molecule has 41 heavy (non-hydrogen) atoms. The third-order valence-electron chi connectivity index (χ3n) is 8.90. The van der Waals surface area contributed by atoms with Crippen molar-refractivity contribution < 1.29 is 9.47 Å². The quantitative estimate of drug-likeness (QED) is 0.263. The van der Waals surface area contributed by atoms with E-state index in [2.05, 4.69) is 122 Å². The summed E-state index contributed by atoms with van der Waals surface area (Å²) in [7, 11) is -0.550. The summed E-state index contributed by atoms with van der Waals surface area (Å²) < 4.78 is 13.3. The van der Waals surface area contributed by atoms with Crippen molar-refractivity contribution in [1.29, 1.82) is 0 Å². The van der Waals surface area contributed by atoms with Crippen LogP contribution in [0.3, 0.4) is 0 Å². The van der Waals surface area contributed by atoms with Crippen molar-refractivity contribution in [2.45, 2.75) is 110 Å². The van der Waals surface area contributed by atoms with Gasteiger partial charge >= 0.3 is 0 Å². The molecular weight excluding hydrogens is 519 g/mol. The number of hydrogen-bond acceptors (Lipinski definition) is 2. The first kappa shape index (κ1) is 30.5. The Hall–Kier alpha value is -1.99. The fourth-order valence-corrected chi connectivity index (χ4v) is 12.1. The second kappa shape index (κ2) is 11.6. The zero-order valence-electron chi connectivity index (χ0n) is 26.8. The molecule has 1 spiro atoms. The van der Waals surface area contributed by atoms with Gasteiger partial charge < -0.3 is 9.47 Å². The molecule has 2 heterocycles. The van der Waals surface area contributed by atoms with E-state index in [-0.39, 0.29) is 15.7 Å². The molecule has 0 bridgehead atoms. The Labute approximate surface area is 251 Å². The van der Waals surface area contributed by atoms with Gasteiger partial charge in [-0.05, 0) is 61.8 Å². The molecule has 3 aromatic rings. The van der Waals surface area contributed by atoms with Crippen LogP contribution in [0.5, 0.6) is 0 Å². The van der Waals surface area contributed by atoms with Gasteiger partial charge in [0, 0.05) is 18.3 Å². The maximum absolute atomic E-state index is 6.64. The highest BCUT2D eigenvalue weighted by molar-refractivity contribution is 7.69. The molecular formula is C38H51O2P. The molecule has 2 aliphatic heterocycles. The van der Waals surface area contributed by atoms with Gasteiger partial charge in [-0.1, -0.05) is 143 Å². The maximum Gasteiger partial charge on any atom is 0.170 e. The van der Waals surface area contributed by atoms with Gasteiger partial charge in [0.15, 0.2) is 5.79 Å². The van der Waals surface area contributed by atoms with Crippen molar-refractivity contribution in [3.8, 4) is 22.3 Å². The molecule has 0 amide bonds. The van der Waals surface area contributed by atoms with Gasteiger partial charge in [-0.15, -0.1) is 0 Å². The second-order valence-corrected chi connectivity index (χ2v) is 18.1. The number of benzene rings is 3. The Bertz CT molecular complexity index is 1320. The molecule has 0 N–H and O–H groups in total. The molecule has 2 nitrogen and oxygen atoms in total. The monoisotopic (exact) mass is 570 g/mol. The number of ether oxygens (including phenoxy) is 2. The molecule has 0 radical (unpaired) electrons. The van der Waals surface area contributed by atoms with Crippen molar-refractivity contribution >= 4 is 13.2 Å². The molecule has 2 fully saturated rings. The van der Waals surface area contributed by atoms with Crippen LogP contribution in [0.1, 0.15) is 92.2 Å². The van der Waals surface area contributed by atoms with Crippen molar-refractivity contribution in [3.05, 3.63) is 77.9 Å². The fourth-order valence-electron chi connectivity index (χ4n) is 7.66. The average Bonchev–Trinajstić information content (AvgIpc) is 2.90. The van der Waals surface area contributed by atoms with Gasteiger partial charge in [0.05, 0.1) is 13.2 Å². The molecule has 2 saturated heterocycles. The minimum Gasteiger partial charge on any atom is -0.349 e. The minimum atomic E-state index is -0.550. The number of rotatable bonds is 7. The molecule has 0 atom stereocenters. The van der Waals surface area contributed by atoms with E-state index in [0.717, 1.165) is 51.7 Å². The van der Waals surface area contributed by atoms with E-state index < -0.39 is 13.7 Å². The third-order valence-corrected chi connectivity index (χ3v) is 12.5. The maximum atomic E-state index is 6.64. The zero-order chi connectivity index (χ0) is 29.5. The van der Waals surface area contributed by atoms with Crippen LogP contribution in [0.4, 0.5) is 0 Å². The van der Waals surface area contributed by atoms with Crippen LogP contribution in [0.15, 0.2) is 66.7 Å². The average molecular weight is 571 g/mol. The first-order valence-corrected chi connectivity index (χ1v) is 17.1. The highest BCUT2D eigenvalue weighted by Crippen LogP contribution is 2.69. The predicted molar refractivity (Wildman–Crippen MR) is 178 cm³/mol. The summed E-state index contributed by atoms with van der Waals surface area (Å²) in [5, 5.41) is 1.63. The van der Waals surface area contributed by atoms with Gasteiger partial charge in [0.25, 0.3) is 0 Å². The Morgan fingerprint density at radius 2 is 1.27 bits per heavy atom. The van der Waals surface area contributed by atoms with Crippen LogP contribution in [-0.4, -0.2) is 29.3 Å². The van der Waals surface area contributed by atoms with Crippen LogP contribution in [0, 0.1) is 5.41 Å². The Morgan fingerprint density at radius 1 is 0.683 bits per heavy atom. The summed E-state index contributed by atoms with van der Waals surface area (Å²) in [5.41, 5.74) is 8.58. The van der Waals surface area contributed by atoms with E-state index in [0.29, 0.717) is 0 Å². The molecule has 220 valence electrons. The molecule has 0 unspecified atom stereocenters. The topological polar surface area (TPSA) is 18.5 Å². The van der Waals surface area contributed by atoms with Gasteiger partial charge in [0.2, 0.25) is 0 Å². The van der Waals surface area contributed by atoms with Crippen molar-refractivity contribution in [3.63, 3.8) is 0 Å². The summed E-state index contributed by atoms with van der Waals surface area (Å²) in [6.07, 6.45) is 6.37. The molecule has 5 rings (SSSR count). The number of hydrogen-bond donors (Lipinski definition) is 0. The second-order valence-electron chi connectivity index (χ2n) is 14.5. The lowest BCUT2D eigenvalue weighted by atomic mass is 9.86. The van der Waals surface area contributed by atoms with Gasteiger partial charge in [-0.25, -0.2) is 0 Å². The van der Waals surface area contributed by atoms with E-state index in [1.54, 1.807) is 0 Å². The molecule has 2 aliphatic rings. The van der Waals surface area contributed by atoms with Crippen LogP contribution in [0.25, 0.3) is 22.3 Å². The van der Waals surface area contributed by atoms with Crippen molar-refractivity contribution in [2.75, 3.05) is 13.2 Å². The molecule has 3 heteroatoms. The smallest absolute Gasteiger partial charge is 0.170 e. The first-order valence-electron chi connectivity index (χ1n) is 15.8. The lowest BCUT2D eigenvalue weighted by Crippen LogP contribution is -2.58. The largest absolute Gasteiger partial charge is 0.349 e. The molecule has 0 saturated carbocycles. The van der Waals surface area contributed by atoms with Crippen LogP contribution < -0.4 is 5.30 Å². The Kier molecular flexibility index (Phi) is 8.62. The fraction of sp³-hybridized carbons (Fsp3) is 0.526. The standard InChI is InChI=1S/C38H51O2P/c1-9-16-28-22-30(17-10-2)34(32(23-28)29-18-12-11-13-19-29)31-20-14-15-21-33(31)41-36(5,6)24-38(25-37(41,7)8)39-26-35(3,4)27-40-38/h11-15,18-23H,9-10,16-17,24-27H2,1-8H3. The lowest BCUT2D eigenvalue weighted by Gasteiger charge is -2.59. The Morgan fingerprint density at radius 3 is 1.88 bits per heavy atom. The third kappa shape index (κ3) is 6.22. The summed E-state index contributed by atoms with van der Waals surface area (Å²) in [6.45, 7) is 20.5. The normalized spacial score (nSPS) is 21.2. The molecule has 0 aliphatic carbocycles. The summed E-state index contributed by atoms with van der Waals surface area (Å²) in [5.74, 6) is -0.485. The number of aryl methyl sites for hydroxylation is 2. The van der Waals surface area contributed by atoms with Gasteiger partial charge in [-0.2, -0.15) is 0 Å². The van der Waals surface area contributed by atoms with E-state index in [4.69, 9.17) is 9.47 Å². The van der Waals surface area contributed by atoms with Crippen molar-refractivity contribution in [2.24, 2.45) is 5.41 Å².